The molecule has 0 aromatic heterocycles. The molecule has 5 heteroatoms. The molecular formula is C12H15ClFNO2. The highest BCUT2D eigenvalue weighted by atomic mass is 35.5. The minimum Gasteiger partial charge on any atom is -0.378 e. The average Bonchev–Trinajstić information content (AvgIpc) is 2.28. The summed E-state index contributed by atoms with van der Waals surface area (Å²) in [5.41, 5.74) is 0.831. The zero-order valence-corrected chi connectivity index (χ0v) is 10.4. The van der Waals surface area contributed by atoms with Gasteiger partial charge in [-0.25, -0.2) is 4.39 Å². The lowest BCUT2D eigenvalue weighted by molar-refractivity contribution is 0.0919. The van der Waals surface area contributed by atoms with E-state index in [-0.39, 0.29) is 5.56 Å². The summed E-state index contributed by atoms with van der Waals surface area (Å²) in [5, 5.41) is 2.57. The fourth-order valence-corrected chi connectivity index (χ4v) is 1.40. The van der Waals surface area contributed by atoms with E-state index >= 15 is 0 Å². The Morgan fingerprint density at radius 1 is 1.47 bits per heavy atom. The molecule has 0 unspecified atom stereocenters. The van der Waals surface area contributed by atoms with Crippen molar-refractivity contribution >= 4 is 17.5 Å². The van der Waals surface area contributed by atoms with Gasteiger partial charge in [0.15, 0.2) is 0 Å². The largest absolute Gasteiger partial charge is 0.378 e. The predicted octanol–water partition coefficient (Wildman–Crippen LogP) is 2.12. The van der Waals surface area contributed by atoms with E-state index in [1.54, 1.807) is 13.0 Å². The molecule has 0 atom stereocenters. The topological polar surface area (TPSA) is 38.3 Å². The maximum atomic E-state index is 13.4. The SMILES string of the molecule is Cc1ccc(C(=O)NCCOCCCl)c(F)c1. The Bertz CT molecular complexity index is 385. The van der Waals surface area contributed by atoms with Crippen LogP contribution in [0.1, 0.15) is 15.9 Å². The molecule has 0 fully saturated rings. The zero-order chi connectivity index (χ0) is 12.7. The first-order valence-corrected chi connectivity index (χ1v) is 5.86. The van der Waals surface area contributed by atoms with Gasteiger partial charge in [-0.1, -0.05) is 6.07 Å². The third-order valence-electron chi connectivity index (χ3n) is 2.12. The summed E-state index contributed by atoms with van der Waals surface area (Å²) < 4.78 is 18.5. The number of ether oxygens (including phenoxy) is 1. The zero-order valence-electron chi connectivity index (χ0n) is 9.63. The molecule has 0 aliphatic rings. The number of rotatable bonds is 6. The van der Waals surface area contributed by atoms with Gasteiger partial charge in [-0.3, -0.25) is 4.79 Å². The van der Waals surface area contributed by atoms with Gasteiger partial charge in [0.2, 0.25) is 0 Å². The number of halogens is 2. The Hall–Kier alpha value is -1.13. The highest BCUT2D eigenvalue weighted by Gasteiger charge is 2.10. The monoisotopic (exact) mass is 259 g/mol. The van der Waals surface area contributed by atoms with Crippen molar-refractivity contribution in [3.63, 3.8) is 0 Å². The van der Waals surface area contributed by atoms with Crippen molar-refractivity contribution in [3.05, 3.63) is 35.1 Å². The summed E-state index contributed by atoms with van der Waals surface area (Å²) in [6.45, 7) is 2.91. The molecule has 1 N–H and O–H groups in total. The molecule has 0 spiro atoms. The molecule has 17 heavy (non-hydrogen) atoms. The van der Waals surface area contributed by atoms with Crippen LogP contribution in [0.4, 0.5) is 4.39 Å². The average molecular weight is 260 g/mol. The minimum atomic E-state index is -0.510. The molecule has 0 aliphatic heterocycles. The second-order valence-corrected chi connectivity index (χ2v) is 3.92. The third kappa shape index (κ3) is 4.71. The standard InChI is InChI=1S/C12H15ClFNO2/c1-9-2-3-10(11(14)8-9)12(16)15-5-7-17-6-4-13/h2-3,8H,4-7H2,1H3,(H,15,16). The maximum Gasteiger partial charge on any atom is 0.254 e. The van der Waals surface area contributed by atoms with Crippen molar-refractivity contribution in [2.24, 2.45) is 0 Å². The van der Waals surface area contributed by atoms with E-state index in [9.17, 15) is 9.18 Å². The van der Waals surface area contributed by atoms with Crippen LogP contribution in [-0.2, 0) is 4.74 Å². The van der Waals surface area contributed by atoms with Crippen LogP contribution >= 0.6 is 11.6 Å². The molecule has 0 heterocycles. The molecule has 0 radical (unpaired) electrons. The van der Waals surface area contributed by atoms with Gasteiger partial charge in [-0.05, 0) is 24.6 Å². The smallest absolute Gasteiger partial charge is 0.254 e. The van der Waals surface area contributed by atoms with Crippen LogP contribution in [0.2, 0.25) is 0 Å². The van der Waals surface area contributed by atoms with Gasteiger partial charge in [0, 0.05) is 12.4 Å². The van der Waals surface area contributed by atoms with E-state index in [1.165, 1.54) is 12.1 Å². The van der Waals surface area contributed by atoms with Crippen molar-refractivity contribution < 1.29 is 13.9 Å². The van der Waals surface area contributed by atoms with Gasteiger partial charge >= 0.3 is 0 Å². The fraction of sp³-hybridized carbons (Fsp3) is 0.417. The quantitative estimate of drug-likeness (QED) is 0.628. The van der Waals surface area contributed by atoms with Crippen LogP contribution in [0.25, 0.3) is 0 Å². The van der Waals surface area contributed by atoms with Crippen molar-refractivity contribution in [1.82, 2.24) is 5.32 Å². The van der Waals surface area contributed by atoms with Gasteiger partial charge in [0.1, 0.15) is 5.82 Å². The summed E-state index contributed by atoms with van der Waals surface area (Å²) in [5.74, 6) is -0.526. The van der Waals surface area contributed by atoms with Crippen LogP contribution in [-0.4, -0.2) is 31.5 Å². The highest BCUT2D eigenvalue weighted by Crippen LogP contribution is 2.09. The van der Waals surface area contributed by atoms with Gasteiger partial charge in [-0.2, -0.15) is 0 Å². The summed E-state index contributed by atoms with van der Waals surface area (Å²) in [6, 6.07) is 4.50. The van der Waals surface area contributed by atoms with Crippen molar-refractivity contribution in [2.75, 3.05) is 25.6 Å². The summed E-state index contributed by atoms with van der Waals surface area (Å²) in [4.78, 5) is 11.6. The molecule has 1 aromatic rings. The van der Waals surface area contributed by atoms with Crippen LogP contribution in [0.5, 0.6) is 0 Å². The van der Waals surface area contributed by atoms with Crippen molar-refractivity contribution in [3.8, 4) is 0 Å². The Balaban J connectivity index is 2.42. The van der Waals surface area contributed by atoms with Gasteiger partial charge in [-0.15, -0.1) is 11.6 Å². The molecular weight excluding hydrogens is 245 g/mol. The second-order valence-electron chi connectivity index (χ2n) is 3.54. The number of hydrogen-bond donors (Lipinski definition) is 1. The lowest BCUT2D eigenvalue weighted by atomic mass is 10.1. The number of amides is 1. The fourth-order valence-electron chi connectivity index (χ4n) is 1.29. The summed E-state index contributed by atoms with van der Waals surface area (Å²) >= 11 is 5.41. The molecule has 0 aliphatic carbocycles. The van der Waals surface area contributed by atoms with Gasteiger partial charge in [0.05, 0.1) is 18.8 Å². The molecule has 1 amide bonds. The Morgan fingerprint density at radius 3 is 2.88 bits per heavy atom. The Labute approximate surface area is 105 Å². The van der Waals surface area contributed by atoms with Crippen LogP contribution in [0.15, 0.2) is 18.2 Å². The van der Waals surface area contributed by atoms with Gasteiger partial charge in [0.25, 0.3) is 5.91 Å². The third-order valence-corrected chi connectivity index (χ3v) is 2.28. The number of hydrogen-bond acceptors (Lipinski definition) is 2. The van der Waals surface area contributed by atoms with E-state index in [2.05, 4.69) is 5.32 Å². The number of aryl methyl sites for hydroxylation is 1. The van der Waals surface area contributed by atoms with Crippen molar-refractivity contribution in [1.29, 1.82) is 0 Å². The number of carbonyl (C=O) groups is 1. The Kier molecular flexibility index (Phi) is 5.94. The molecule has 1 rings (SSSR count). The molecule has 0 saturated carbocycles. The molecule has 0 saturated heterocycles. The first-order chi connectivity index (χ1) is 8.15. The van der Waals surface area contributed by atoms with E-state index in [0.717, 1.165) is 5.56 Å². The Morgan fingerprint density at radius 2 is 2.24 bits per heavy atom. The number of carbonyl (C=O) groups excluding carboxylic acids is 1. The minimum absolute atomic E-state index is 0.0490. The van der Waals surface area contributed by atoms with Gasteiger partial charge < -0.3 is 10.1 Å². The number of nitrogens with one attached hydrogen (secondary N) is 1. The molecule has 3 nitrogen and oxygen atoms in total. The normalized spacial score (nSPS) is 10.3. The summed E-state index contributed by atoms with van der Waals surface area (Å²) in [7, 11) is 0. The van der Waals surface area contributed by atoms with E-state index in [4.69, 9.17) is 16.3 Å². The van der Waals surface area contributed by atoms with E-state index < -0.39 is 11.7 Å². The molecule has 94 valence electrons. The van der Waals surface area contributed by atoms with Crippen LogP contribution < -0.4 is 5.32 Å². The maximum absolute atomic E-state index is 13.4. The highest BCUT2D eigenvalue weighted by molar-refractivity contribution is 6.17. The first-order valence-electron chi connectivity index (χ1n) is 5.33. The first kappa shape index (κ1) is 13.9. The lowest BCUT2D eigenvalue weighted by Crippen LogP contribution is -2.28. The lowest BCUT2D eigenvalue weighted by Gasteiger charge is -2.06. The molecule has 1 aromatic carbocycles. The number of alkyl halides is 1. The van der Waals surface area contributed by atoms with E-state index in [0.29, 0.717) is 25.6 Å². The van der Waals surface area contributed by atoms with Crippen molar-refractivity contribution in [2.45, 2.75) is 6.92 Å². The summed E-state index contributed by atoms with van der Waals surface area (Å²) in [6.07, 6.45) is 0. The number of benzene rings is 1. The molecule has 0 bridgehead atoms. The van der Waals surface area contributed by atoms with E-state index in [1.807, 2.05) is 0 Å². The van der Waals surface area contributed by atoms with Crippen LogP contribution in [0, 0.1) is 12.7 Å². The van der Waals surface area contributed by atoms with Crippen LogP contribution in [0.3, 0.4) is 0 Å². The predicted molar refractivity (Wildman–Crippen MR) is 65.0 cm³/mol. The second kappa shape index (κ2) is 7.25.